The Labute approximate surface area is 352 Å². The molecule has 4 aliphatic rings. The number of nitrogens with one attached hydrogen (secondary N) is 1. The Kier molecular flexibility index (Phi) is 14.4. The van der Waals surface area contributed by atoms with Crippen LogP contribution in [-0.2, 0) is 42.9 Å². The minimum absolute atomic E-state index is 0.0346. The number of urea groups is 1. The van der Waals surface area contributed by atoms with E-state index in [0.717, 1.165) is 30.2 Å². The van der Waals surface area contributed by atoms with Gasteiger partial charge >= 0.3 is 24.3 Å². The molecule has 60 heavy (non-hydrogen) atoms. The first kappa shape index (κ1) is 44.7. The van der Waals surface area contributed by atoms with Crippen LogP contribution in [0, 0.1) is 0 Å². The molecular formula is C41H54ClF3N8O7. The zero-order valence-electron chi connectivity index (χ0n) is 34.2. The summed E-state index contributed by atoms with van der Waals surface area (Å²) < 4.78 is 52.9. The summed E-state index contributed by atoms with van der Waals surface area (Å²) in [6.45, 7) is 5.40. The van der Waals surface area contributed by atoms with E-state index in [1.807, 2.05) is 29.2 Å². The Balaban J connectivity index is 1.06. The molecule has 2 atom stereocenters. The maximum absolute atomic E-state index is 14.2. The van der Waals surface area contributed by atoms with Crippen molar-refractivity contribution in [3.05, 3.63) is 58.1 Å². The number of halogens is 4. The number of fused-ring (bicyclic) bond motifs is 1. The molecule has 0 aromatic heterocycles. The van der Waals surface area contributed by atoms with Crippen LogP contribution in [0.2, 0.25) is 5.02 Å². The van der Waals surface area contributed by atoms with Gasteiger partial charge in [-0.15, -0.1) is 0 Å². The highest BCUT2D eigenvalue weighted by Gasteiger charge is 2.39. The van der Waals surface area contributed by atoms with Gasteiger partial charge in [-0.05, 0) is 68.4 Å². The molecule has 4 heterocycles. The van der Waals surface area contributed by atoms with Crippen LogP contribution in [-0.4, -0.2) is 163 Å². The number of likely N-dealkylation sites (tertiary alicyclic amines) is 2. The van der Waals surface area contributed by atoms with Gasteiger partial charge in [0.25, 0.3) is 11.8 Å². The summed E-state index contributed by atoms with van der Waals surface area (Å²) in [4.78, 5) is 76.0. The lowest BCUT2D eigenvalue weighted by Crippen LogP contribution is -2.57. The monoisotopic (exact) mass is 862 g/mol. The molecule has 3 saturated heterocycles. The number of anilines is 2. The van der Waals surface area contributed by atoms with Gasteiger partial charge in [0.1, 0.15) is 6.04 Å². The molecule has 19 heteroatoms. The van der Waals surface area contributed by atoms with Crippen molar-refractivity contribution in [1.82, 2.24) is 29.4 Å². The predicted octanol–water partition coefficient (Wildman–Crippen LogP) is 4.17. The number of esters is 1. The first-order valence-corrected chi connectivity index (χ1v) is 20.8. The summed E-state index contributed by atoms with van der Waals surface area (Å²) >= 11 is 6.14. The molecular weight excluding hydrogens is 809 g/mol. The van der Waals surface area contributed by atoms with Gasteiger partial charge in [-0.2, -0.15) is 13.2 Å². The van der Waals surface area contributed by atoms with Gasteiger partial charge < -0.3 is 40.1 Å². The summed E-state index contributed by atoms with van der Waals surface area (Å²) in [5.74, 6) is -1.29. The number of carbonyl (C=O) groups is 5. The number of benzene rings is 2. The van der Waals surface area contributed by atoms with Crippen molar-refractivity contribution in [2.24, 2.45) is 0 Å². The number of hydrogen-bond donors (Lipinski definition) is 2. The van der Waals surface area contributed by atoms with E-state index in [1.54, 1.807) is 30.8 Å². The number of piperazine rings is 1. The number of nitrogen functional groups attached to an aromatic ring is 1. The zero-order chi connectivity index (χ0) is 43.3. The highest BCUT2D eigenvalue weighted by molar-refractivity contribution is 6.33. The van der Waals surface area contributed by atoms with Crippen LogP contribution in [0.3, 0.4) is 0 Å². The maximum atomic E-state index is 14.2. The van der Waals surface area contributed by atoms with E-state index in [0.29, 0.717) is 65.1 Å². The van der Waals surface area contributed by atoms with Crippen molar-refractivity contribution in [3.63, 3.8) is 0 Å². The van der Waals surface area contributed by atoms with Gasteiger partial charge in [0, 0.05) is 97.2 Å². The fourth-order valence-corrected chi connectivity index (χ4v) is 8.64. The van der Waals surface area contributed by atoms with E-state index >= 15 is 0 Å². The number of alkyl halides is 3. The zero-order valence-corrected chi connectivity index (χ0v) is 35.0. The summed E-state index contributed by atoms with van der Waals surface area (Å²) in [7, 11) is 3.18. The summed E-state index contributed by atoms with van der Waals surface area (Å²) in [6, 6.07) is 9.07. The molecule has 5 amide bonds. The minimum Gasteiger partial charge on any atom is -0.454 e. The number of nitrogens with two attached hydrogens (primary N) is 1. The second-order valence-corrected chi connectivity index (χ2v) is 16.5. The normalized spacial score (nSPS) is 19.8. The smallest absolute Gasteiger partial charge is 0.418 e. The van der Waals surface area contributed by atoms with E-state index in [2.05, 4.69) is 10.2 Å². The number of piperidine rings is 2. The molecule has 1 unspecified atom stereocenters. The molecule has 3 N–H and O–H groups in total. The quantitative estimate of drug-likeness (QED) is 0.262. The van der Waals surface area contributed by atoms with Gasteiger partial charge in [0.2, 0.25) is 0 Å². The number of rotatable bonds is 10. The van der Waals surface area contributed by atoms with E-state index in [1.165, 1.54) is 15.9 Å². The highest BCUT2D eigenvalue weighted by atomic mass is 35.5. The molecule has 0 saturated carbocycles. The van der Waals surface area contributed by atoms with Gasteiger partial charge in [0.15, 0.2) is 12.7 Å². The molecule has 4 aliphatic heterocycles. The topological polar surface area (TPSA) is 161 Å². The number of nitrogens with zero attached hydrogens (tertiary/aromatic N) is 6. The molecule has 0 bridgehead atoms. The van der Waals surface area contributed by atoms with E-state index in [4.69, 9.17) is 26.8 Å². The van der Waals surface area contributed by atoms with E-state index in [-0.39, 0.29) is 60.7 Å². The third kappa shape index (κ3) is 10.7. The Morgan fingerprint density at radius 2 is 1.57 bits per heavy atom. The number of likely N-dealkylation sites (N-methyl/N-ethyl adjacent to an activating group) is 1. The first-order chi connectivity index (χ1) is 28.5. The van der Waals surface area contributed by atoms with Crippen molar-refractivity contribution < 1.29 is 46.6 Å². The number of amides is 5. The Morgan fingerprint density at radius 1 is 0.917 bits per heavy atom. The lowest BCUT2D eigenvalue weighted by Gasteiger charge is -2.44. The standard InChI is InChI=1S/C41H54ClF3N8O7/c1-26(38(56)59-25-35(54)48(2)3)49-13-9-29(10-14-49)50-18-20-51(21-19-50)37(55)34(24-27-22-31(41(43,44)45)36(46)32(42)23-27)60-40(58)52-15-11-30(12-16-52)53-17-8-28-6-4-5-7-33(28)47-39(53)57/h4-7,22-23,26,29-30,34H,8-21,24-25,46H2,1-3H3,(H,47,57)/t26?,34-/m1/s1. The first-order valence-electron chi connectivity index (χ1n) is 20.4. The predicted molar refractivity (Wildman–Crippen MR) is 217 cm³/mol. The highest BCUT2D eigenvalue weighted by Crippen LogP contribution is 2.38. The molecule has 2 aromatic carbocycles. The average Bonchev–Trinajstić information content (AvgIpc) is 3.40. The lowest BCUT2D eigenvalue weighted by molar-refractivity contribution is -0.155. The van der Waals surface area contributed by atoms with Crippen molar-refractivity contribution in [2.45, 2.75) is 75.9 Å². The van der Waals surface area contributed by atoms with Crippen molar-refractivity contribution in [3.8, 4) is 0 Å². The van der Waals surface area contributed by atoms with Crippen LogP contribution in [0.25, 0.3) is 0 Å². The maximum Gasteiger partial charge on any atom is 0.418 e. The van der Waals surface area contributed by atoms with E-state index < -0.39 is 47.5 Å². The molecule has 6 rings (SSSR count). The second-order valence-electron chi connectivity index (χ2n) is 16.1. The van der Waals surface area contributed by atoms with Crippen LogP contribution in [0.15, 0.2) is 36.4 Å². The SMILES string of the molecule is CC(C(=O)OCC(=O)N(C)C)N1CCC(N2CCN(C(=O)[C@@H](Cc3cc(Cl)c(N)c(C(F)(F)F)c3)OC(=O)N3CCC(N4CCc5ccccc5NC4=O)CC3)CC2)CC1. The third-order valence-electron chi connectivity index (χ3n) is 12.1. The van der Waals surface area contributed by atoms with Crippen molar-refractivity contribution in [2.75, 3.05) is 90.7 Å². The molecule has 2 aromatic rings. The third-order valence-corrected chi connectivity index (χ3v) is 12.4. The molecule has 0 aliphatic carbocycles. The molecule has 3 fully saturated rings. The largest absolute Gasteiger partial charge is 0.454 e. The van der Waals surface area contributed by atoms with Gasteiger partial charge in [0.05, 0.1) is 16.3 Å². The second kappa shape index (κ2) is 19.3. The number of para-hydroxylation sites is 1. The molecule has 15 nitrogen and oxygen atoms in total. The van der Waals surface area contributed by atoms with Gasteiger partial charge in [-0.25, -0.2) is 9.59 Å². The summed E-state index contributed by atoms with van der Waals surface area (Å²) in [5.41, 5.74) is 5.75. The minimum atomic E-state index is -4.81. The van der Waals surface area contributed by atoms with Crippen molar-refractivity contribution >= 4 is 52.9 Å². The van der Waals surface area contributed by atoms with Crippen LogP contribution in [0.1, 0.15) is 49.3 Å². The van der Waals surface area contributed by atoms with Crippen LogP contribution in [0.4, 0.5) is 34.1 Å². The fraction of sp³-hybridized carbons (Fsp3) is 0.585. The Morgan fingerprint density at radius 3 is 2.22 bits per heavy atom. The lowest BCUT2D eigenvalue weighted by atomic mass is 10.00. The fourth-order valence-electron chi connectivity index (χ4n) is 8.40. The number of ether oxygens (including phenoxy) is 2. The number of carbonyl (C=O) groups excluding carboxylic acids is 5. The van der Waals surface area contributed by atoms with Crippen LogP contribution in [0.5, 0.6) is 0 Å². The summed E-state index contributed by atoms with van der Waals surface area (Å²) in [5, 5.41) is 2.65. The van der Waals surface area contributed by atoms with Gasteiger partial charge in [-0.1, -0.05) is 29.8 Å². The van der Waals surface area contributed by atoms with Crippen LogP contribution < -0.4 is 11.1 Å². The molecule has 0 radical (unpaired) electrons. The Hall–Kier alpha value is -4.81. The summed E-state index contributed by atoms with van der Waals surface area (Å²) in [6.07, 6.45) is -4.22. The molecule has 328 valence electrons. The Bertz CT molecular complexity index is 1900. The van der Waals surface area contributed by atoms with Crippen molar-refractivity contribution in [1.29, 1.82) is 0 Å². The number of hydrogen-bond acceptors (Lipinski definition) is 10. The van der Waals surface area contributed by atoms with E-state index in [9.17, 15) is 37.1 Å². The average molecular weight is 863 g/mol. The van der Waals surface area contributed by atoms with Gasteiger partial charge in [-0.3, -0.25) is 24.2 Å². The van der Waals surface area contributed by atoms with Crippen LogP contribution >= 0.6 is 11.6 Å². The molecule has 0 spiro atoms.